The second-order valence-electron chi connectivity index (χ2n) is 3.77. The summed E-state index contributed by atoms with van der Waals surface area (Å²) in [6, 6.07) is 5.01. The average molecular weight is 253 g/mol. The lowest BCUT2D eigenvalue weighted by atomic mass is 10.1. The van der Waals surface area contributed by atoms with Crippen LogP contribution in [0, 0.1) is 0 Å². The van der Waals surface area contributed by atoms with Gasteiger partial charge in [0.25, 0.3) is 0 Å². The van der Waals surface area contributed by atoms with E-state index in [9.17, 15) is 8.42 Å². The molecular weight excluding hydrogens is 238 g/mol. The van der Waals surface area contributed by atoms with Gasteiger partial charge < -0.3 is 10.7 Å². The fourth-order valence-electron chi connectivity index (χ4n) is 1.80. The standard InChI is InChI=1S/C11H15N3O2S/c1-13-17(15,16)9-2-3-11-10(6-9)8(4-5-12)7-14-11/h2-3,6-7,13-14H,4-5,12H2,1H3. The Hall–Kier alpha value is -1.37. The minimum absolute atomic E-state index is 0.269. The number of nitrogens with two attached hydrogens (primary N) is 1. The maximum Gasteiger partial charge on any atom is 0.240 e. The highest BCUT2D eigenvalue weighted by molar-refractivity contribution is 7.89. The zero-order valence-electron chi connectivity index (χ0n) is 9.53. The van der Waals surface area contributed by atoms with E-state index < -0.39 is 10.0 Å². The minimum atomic E-state index is -3.39. The number of aromatic nitrogens is 1. The number of rotatable bonds is 4. The van der Waals surface area contributed by atoms with Crippen LogP contribution in [-0.2, 0) is 16.4 Å². The topological polar surface area (TPSA) is 88.0 Å². The highest BCUT2D eigenvalue weighted by atomic mass is 32.2. The van der Waals surface area contributed by atoms with Gasteiger partial charge in [-0.1, -0.05) is 0 Å². The normalized spacial score (nSPS) is 12.1. The summed E-state index contributed by atoms with van der Waals surface area (Å²) in [6.07, 6.45) is 2.59. The van der Waals surface area contributed by atoms with E-state index in [-0.39, 0.29) is 4.90 Å². The van der Waals surface area contributed by atoms with Crippen LogP contribution in [-0.4, -0.2) is 27.0 Å². The largest absolute Gasteiger partial charge is 0.361 e. The molecule has 0 fully saturated rings. The first-order valence-corrected chi connectivity index (χ1v) is 6.80. The van der Waals surface area contributed by atoms with Gasteiger partial charge in [-0.05, 0) is 43.8 Å². The van der Waals surface area contributed by atoms with Crippen LogP contribution in [0.1, 0.15) is 5.56 Å². The smallest absolute Gasteiger partial charge is 0.240 e. The van der Waals surface area contributed by atoms with Gasteiger partial charge in [0.1, 0.15) is 0 Å². The van der Waals surface area contributed by atoms with Crippen molar-refractivity contribution >= 4 is 20.9 Å². The quantitative estimate of drug-likeness (QED) is 0.744. The Morgan fingerprint density at radius 3 is 2.82 bits per heavy atom. The summed E-state index contributed by atoms with van der Waals surface area (Å²) in [6.45, 7) is 0.538. The van der Waals surface area contributed by atoms with Crippen LogP contribution in [0.2, 0.25) is 0 Å². The summed E-state index contributed by atoms with van der Waals surface area (Å²) in [5, 5.41) is 0.909. The molecule has 17 heavy (non-hydrogen) atoms. The third-order valence-electron chi connectivity index (χ3n) is 2.73. The second kappa shape index (κ2) is 4.48. The van der Waals surface area contributed by atoms with Crippen molar-refractivity contribution in [2.75, 3.05) is 13.6 Å². The number of fused-ring (bicyclic) bond motifs is 1. The zero-order valence-corrected chi connectivity index (χ0v) is 10.3. The minimum Gasteiger partial charge on any atom is -0.361 e. The first kappa shape index (κ1) is 12.1. The van der Waals surface area contributed by atoms with Crippen LogP contribution in [0.4, 0.5) is 0 Å². The van der Waals surface area contributed by atoms with Crippen molar-refractivity contribution < 1.29 is 8.42 Å². The number of hydrogen-bond donors (Lipinski definition) is 3. The van der Waals surface area contributed by atoms with Gasteiger partial charge in [-0.15, -0.1) is 0 Å². The molecule has 0 saturated heterocycles. The van der Waals surface area contributed by atoms with E-state index in [0.717, 1.165) is 22.9 Å². The van der Waals surface area contributed by atoms with Gasteiger partial charge in [-0.2, -0.15) is 0 Å². The summed E-state index contributed by atoms with van der Waals surface area (Å²) in [7, 11) is -1.99. The van der Waals surface area contributed by atoms with Crippen molar-refractivity contribution in [3.05, 3.63) is 30.0 Å². The molecular formula is C11H15N3O2S. The van der Waals surface area contributed by atoms with Crippen LogP contribution in [0.15, 0.2) is 29.3 Å². The van der Waals surface area contributed by atoms with Crippen molar-refractivity contribution in [1.29, 1.82) is 0 Å². The number of benzene rings is 1. The van der Waals surface area contributed by atoms with Gasteiger partial charge in [0.15, 0.2) is 0 Å². The molecule has 0 aliphatic carbocycles. The van der Waals surface area contributed by atoms with Crippen LogP contribution >= 0.6 is 0 Å². The summed E-state index contributed by atoms with van der Waals surface area (Å²) >= 11 is 0. The molecule has 2 rings (SSSR count). The highest BCUT2D eigenvalue weighted by Crippen LogP contribution is 2.22. The number of hydrogen-bond acceptors (Lipinski definition) is 3. The monoisotopic (exact) mass is 253 g/mol. The lowest BCUT2D eigenvalue weighted by Crippen LogP contribution is -2.18. The van der Waals surface area contributed by atoms with Crippen LogP contribution in [0.5, 0.6) is 0 Å². The molecule has 0 bridgehead atoms. The van der Waals surface area contributed by atoms with Crippen LogP contribution in [0.25, 0.3) is 10.9 Å². The first-order valence-electron chi connectivity index (χ1n) is 5.32. The molecule has 92 valence electrons. The van der Waals surface area contributed by atoms with E-state index >= 15 is 0 Å². The van der Waals surface area contributed by atoms with Crippen molar-refractivity contribution in [3.63, 3.8) is 0 Å². The molecule has 1 aromatic heterocycles. The predicted octanol–water partition coefficient (Wildman–Crippen LogP) is 0.577. The van der Waals surface area contributed by atoms with Crippen LogP contribution in [0.3, 0.4) is 0 Å². The van der Waals surface area contributed by atoms with Gasteiger partial charge in [-0.3, -0.25) is 0 Å². The molecule has 5 nitrogen and oxygen atoms in total. The maximum atomic E-state index is 11.7. The number of aromatic amines is 1. The van der Waals surface area contributed by atoms with Gasteiger partial charge in [0.2, 0.25) is 10.0 Å². The number of H-pyrrole nitrogens is 1. The molecule has 1 heterocycles. The van der Waals surface area contributed by atoms with Crippen molar-refractivity contribution in [1.82, 2.24) is 9.71 Å². The van der Waals surface area contributed by atoms with E-state index in [1.165, 1.54) is 7.05 Å². The Balaban J connectivity index is 2.59. The lowest BCUT2D eigenvalue weighted by Gasteiger charge is -2.03. The number of sulfonamides is 1. The second-order valence-corrected chi connectivity index (χ2v) is 5.65. The Morgan fingerprint density at radius 2 is 2.18 bits per heavy atom. The molecule has 4 N–H and O–H groups in total. The van der Waals surface area contributed by atoms with E-state index in [2.05, 4.69) is 9.71 Å². The Bertz CT molecular complexity index is 631. The SMILES string of the molecule is CNS(=O)(=O)c1ccc2[nH]cc(CCN)c2c1. The Morgan fingerprint density at radius 1 is 1.41 bits per heavy atom. The predicted molar refractivity (Wildman–Crippen MR) is 67.3 cm³/mol. The first-order chi connectivity index (χ1) is 8.08. The lowest BCUT2D eigenvalue weighted by molar-refractivity contribution is 0.588. The average Bonchev–Trinajstić information content (AvgIpc) is 2.72. The summed E-state index contributed by atoms with van der Waals surface area (Å²) < 4.78 is 25.7. The molecule has 0 aliphatic heterocycles. The van der Waals surface area contributed by atoms with E-state index in [1.807, 2.05) is 6.20 Å². The summed E-state index contributed by atoms with van der Waals surface area (Å²) in [4.78, 5) is 3.37. The van der Waals surface area contributed by atoms with Crippen molar-refractivity contribution in [2.24, 2.45) is 5.73 Å². The molecule has 0 unspecified atom stereocenters. The molecule has 0 saturated carbocycles. The Labute approximate surface area is 100 Å². The zero-order chi connectivity index (χ0) is 12.5. The van der Waals surface area contributed by atoms with Crippen molar-refractivity contribution in [3.8, 4) is 0 Å². The molecule has 0 aliphatic rings. The Kier molecular flexibility index (Phi) is 3.19. The van der Waals surface area contributed by atoms with Crippen molar-refractivity contribution in [2.45, 2.75) is 11.3 Å². The molecule has 0 atom stereocenters. The third-order valence-corrected chi connectivity index (χ3v) is 4.14. The van der Waals surface area contributed by atoms with Crippen LogP contribution < -0.4 is 10.5 Å². The van der Waals surface area contributed by atoms with Gasteiger partial charge in [-0.25, -0.2) is 13.1 Å². The van der Waals surface area contributed by atoms with Gasteiger partial charge in [0, 0.05) is 17.1 Å². The molecule has 2 aromatic rings. The van der Waals surface area contributed by atoms with E-state index in [1.54, 1.807) is 18.2 Å². The number of nitrogens with one attached hydrogen (secondary N) is 2. The van der Waals surface area contributed by atoms with Gasteiger partial charge >= 0.3 is 0 Å². The fourth-order valence-corrected chi connectivity index (χ4v) is 2.56. The fraction of sp³-hybridized carbons (Fsp3) is 0.273. The molecule has 6 heteroatoms. The molecule has 1 aromatic carbocycles. The maximum absolute atomic E-state index is 11.7. The summed E-state index contributed by atoms with van der Waals surface area (Å²) in [5.74, 6) is 0. The molecule has 0 spiro atoms. The molecule has 0 radical (unpaired) electrons. The third kappa shape index (κ3) is 2.19. The summed E-state index contributed by atoms with van der Waals surface area (Å²) in [5.41, 5.74) is 7.47. The highest BCUT2D eigenvalue weighted by Gasteiger charge is 2.13. The van der Waals surface area contributed by atoms with E-state index in [4.69, 9.17) is 5.73 Å². The van der Waals surface area contributed by atoms with E-state index in [0.29, 0.717) is 6.54 Å². The van der Waals surface area contributed by atoms with Gasteiger partial charge in [0.05, 0.1) is 4.90 Å². The molecule has 0 amide bonds.